The third kappa shape index (κ3) is 3.71. The molecule has 0 fully saturated rings. The van der Waals surface area contributed by atoms with Crippen molar-refractivity contribution >= 4 is 21.6 Å². The second-order valence-electron chi connectivity index (χ2n) is 5.66. The Kier molecular flexibility index (Phi) is 4.78. The Morgan fingerprint density at radius 3 is 1.96 bits per heavy atom. The molecule has 0 radical (unpaired) electrons. The van der Waals surface area contributed by atoms with Gasteiger partial charge in [-0.15, -0.1) is 0 Å². The monoisotopic (exact) mass is 354 g/mol. The Morgan fingerprint density at radius 1 is 0.750 bits per heavy atom. The van der Waals surface area contributed by atoms with Gasteiger partial charge < -0.3 is 0 Å². The minimum absolute atomic E-state index is 0.346. The van der Waals surface area contributed by atoms with Gasteiger partial charge in [-0.2, -0.15) is 0 Å². The fourth-order valence-electron chi connectivity index (χ4n) is 2.54. The molecule has 0 aliphatic rings. The second-order valence-corrected chi connectivity index (χ2v) is 8.79. The van der Waals surface area contributed by atoms with Gasteiger partial charge in [0.05, 0.1) is 4.90 Å². The highest BCUT2D eigenvalue weighted by atomic mass is 32.2. The van der Waals surface area contributed by atoms with E-state index in [1.807, 2.05) is 36.4 Å². The average Bonchev–Trinajstić information content (AvgIpc) is 2.56. The van der Waals surface area contributed by atoms with Gasteiger partial charge >= 0.3 is 0 Å². The summed E-state index contributed by atoms with van der Waals surface area (Å²) in [4.78, 5) is 2.52. The lowest BCUT2D eigenvalue weighted by atomic mass is 10.0. The highest BCUT2D eigenvalue weighted by Crippen LogP contribution is 2.37. The van der Waals surface area contributed by atoms with Gasteiger partial charge in [0.1, 0.15) is 0 Å². The number of sulfone groups is 1. The van der Waals surface area contributed by atoms with Crippen LogP contribution < -0.4 is 0 Å². The summed E-state index contributed by atoms with van der Waals surface area (Å²) in [5.41, 5.74) is 3.64. The van der Waals surface area contributed by atoms with Gasteiger partial charge in [-0.25, -0.2) is 8.42 Å². The van der Waals surface area contributed by atoms with Crippen LogP contribution in [0.25, 0.3) is 11.1 Å². The molecule has 24 heavy (non-hydrogen) atoms. The lowest BCUT2D eigenvalue weighted by Gasteiger charge is -2.12. The van der Waals surface area contributed by atoms with Crippen LogP contribution >= 0.6 is 11.8 Å². The predicted molar refractivity (Wildman–Crippen MR) is 100 cm³/mol. The predicted octanol–water partition coefficient (Wildman–Crippen LogP) is 5.22. The van der Waals surface area contributed by atoms with E-state index in [0.29, 0.717) is 4.90 Å². The van der Waals surface area contributed by atoms with Gasteiger partial charge in [0.2, 0.25) is 0 Å². The molecule has 0 aromatic heterocycles. The minimum Gasteiger partial charge on any atom is -0.224 e. The molecular formula is C20H18O2S2. The zero-order valence-electron chi connectivity index (χ0n) is 13.6. The first-order valence-corrected chi connectivity index (χ1v) is 10.3. The Labute approximate surface area is 147 Å². The summed E-state index contributed by atoms with van der Waals surface area (Å²) in [5, 5.41) is 0. The standard InChI is InChI=1S/C20H18O2S2/c1-15-7-3-4-8-18(15)19-9-5-6-10-20(19)23-16-11-13-17(14-12-16)24(2,21)22/h3-14H,1-2H3. The summed E-state index contributed by atoms with van der Waals surface area (Å²) < 4.78 is 23.1. The Hall–Kier alpha value is -2.04. The normalized spacial score (nSPS) is 11.4. The van der Waals surface area contributed by atoms with Crippen molar-refractivity contribution in [2.75, 3.05) is 6.26 Å². The molecule has 0 aliphatic heterocycles. The fourth-order valence-corrected chi connectivity index (χ4v) is 4.13. The smallest absolute Gasteiger partial charge is 0.175 e. The number of hydrogen-bond acceptors (Lipinski definition) is 3. The van der Waals surface area contributed by atoms with Crippen LogP contribution in [0.15, 0.2) is 87.5 Å². The zero-order chi connectivity index (χ0) is 17.2. The summed E-state index contributed by atoms with van der Waals surface area (Å²) in [6.45, 7) is 2.11. The molecule has 2 nitrogen and oxygen atoms in total. The van der Waals surface area contributed by atoms with Gasteiger partial charge in [-0.1, -0.05) is 54.2 Å². The summed E-state index contributed by atoms with van der Waals surface area (Å²) in [7, 11) is -3.16. The van der Waals surface area contributed by atoms with Crippen molar-refractivity contribution in [3.05, 3.63) is 78.4 Å². The van der Waals surface area contributed by atoms with Crippen molar-refractivity contribution in [2.45, 2.75) is 21.6 Å². The molecular weight excluding hydrogens is 336 g/mol. The van der Waals surface area contributed by atoms with Gasteiger partial charge in [0.15, 0.2) is 9.84 Å². The van der Waals surface area contributed by atoms with E-state index in [4.69, 9.17) is 0 Å². The quantitative estimate of drug-likeness (QED) is 0.644. The molecule has 0 unspecified atom stereocenters. The van der Waals surface area contributed by atoms with Crippen molar-refractivity contribution < 1.29 is 8.42 Å². The van der Waals surface area contributed by atoms with Crippen molar-refractivity contribution in [2.24, 2.45) is 0 Å². The van der Waals surface area contributed by atoms with E-state index in [1.165, 1.54) is 22.9 Å². The van der Waals surface area contributed by atoms with E-state index in [-0.39, 0.29) is 0 Å². The fraction of sp³-hybridized carbons (Fsp3) is 0.100. The molecule has 0 saturated carbocycles. The molecule has 3 rings (SSSR count). The van der Waals surface area contributed by atoms with Crippen LogP contribution in [0.2, 0.25) is 0 Å². The minimum atomic E-state index is -3.16. The van der Waals surface area contributed by atoms with E-state index >= 15 is 0 Å². The number of hydrogen-bond donors (Lipinski definition) is 0. The van der Waals surface area contributed by atoms with E-state index in [0.717, 1.165) is 9.79 Å². The molecule has 0 amide bonds. The van der Waals surface area contributed by atoms with Crippen LogP contribution in [0.3, 0.4) is 0 Å². The average molecular weight is 354 g/mol. The molecule has 0 aliphatic carbocycles. The summed E-state index contributed by atoms with van der Waals surface area (Å²) in [6.07, 6.45) is 1.22. The molecule has 0 spiro atoms. The van der Waals surface area contributed by atoms with Crippen LogP contribution in [-0.2, 0) is 9.84 Å². The zero-order valence-corrected chi connectivity index (χ0v) is 15.2. The van der Waals surface area contributed by atoms with Crippen LogP contribution in [-0.4, -0.2) is 14.7 Å². The Balaban J connectivity index is 1.96. The maximum atomic E-state index is 11.6. The SMILES string of the molecule is Cc1ccccc1-c1ccccc1Sc1ccc(S(C)(=O)=O)cc1. The van der Waals surface area contributed by atoms with Gasteiger partial charge in [0.25, 0.3) is 0 Å². The van der Waals surface area contributed by atoms with E-state index in [1.54, 1.807) is 23.9 Å². The molecule has 3 aromatic carbocycles. The van der Waals surface area contributed by atoms with E-state index in [2.05, 4.69) is 31.2 Å². The van der Waals surface area contributed by atoms with E-state index < -0.39 is 9.84 Å². The van der Waals surface area contributed by atoms with Crippen molar-refractivity contribution in [3.63, 3.8) is 0 Å². The first-order chi connectivity index (χ1) is 11.4. The third-order valence-corrected chi connectivity index (χ3v) is 6.01. The molecule has 0 bridgehead atoms. The summed E-state index contributed by atoms with van der Waals surface area (Å²) in [5.74, 6) is 0. The maximum absolute atomic E-state index is 11.6. The number of benzene rings is 3. The van der Waals surface area contributed by atoms with Crippen molar-refractivity contribution in [3.8, 4) is 11.1 Å². The third-order valence-electron chi connectivity index (χ3n) is 3.80. The summed E-state index contributed by atoms with van der Waals surface area (Å²) >= 11 is 1.64. The van der Waals surface area contributed by atoms with Crippen molar-refractivity contribution in [1.29, 1.82) is 0 Å². The van der Waals surface area contributed by atoms with Gasteiger partial charge in [-0.05, 0) is 53.9 Å². The second kappa shape index (κ2) is 6.83. The highest BCUT2D eigenvalue weighted by molar-refractivity contribution is 7.99. The van der Waals surface area contributed by atoms with Gasteiger partial charge in [-0.3, -0.25) is 0 Å². The lowest BCUT2D eigenvalue weighted by molar-refractivity contribution is 0.602. The largest absolute Gasteiger partial charge is 0.224 e. The highest BCUT2D eigenvalue weighted by Gasteiger charge is 2.10. The van der Waals surface area contributed by atoms with Crippen LogP contribution in [0, 0.1) is 6.92 Å². The van der Waals surface area contributed by atoms with Crippen molar-refractivity contribution in [1.82, 2.24) is 0 Å². The Morgan fingerprint density at radius 2 is 1.33 bits per heavy atom. The molecule has 0 N–H and O–H groups in total. The molecule has 0 heterocycles. The topological polar surface area (TPSA) is 34.1 Å². The van der Waals surface area contributed by atoms with Gasteiger partial charge in [0, 0.05) is 16.0 Å². The Bertz CT molecular complexity index is 959. The van der Waals surface area contributed by atoms with E-state index in [9.17, 15) is 8.42 Å². The maximum Gasteiger partial charge on any atom is 0.175 e. The van der Waals surface area contributed by atoms with Crippen LogP contribution in [0.1, 0.15) is 5.56 Å². The first-order valence-electron chi connectivity index (χ1n) is 7.58. The summed E-state index contributed by atoms with van der Waals surface area (Å²) in [6, 6.07) is 23.6. The molecule has 0 saturated heterocycles. The number of rotatable bonds is 4. The van der Waals surface area contributed by atoms with Crippen LogP contribution in [0.5, 0.6) is 0 Å². The first kappa shape index (κ1) is 16.8. The van der Waals surface area contributed by atoms with Crippen LogP contribution in [0.4, 0.5) is 0 Å². The molecule has 4 heteroatoms. The lowest BCUT2D eigenvalue weighted by Crippen LogP contribution is -1.96. The molecule has 3 aromatic rings. The molecule has 122 valence electrons. The number of aryl methyl sites for hydroxylation is 1. The molecule has 0 atom stereocenters.